The van der Waals surface area contributed by atoms with Crippen LogP contribution in [-0.4, -0.2) is 36.4 Å². The van der Waals surface area contributed by atoms with Crippen molar-refractivity contribution in [2.45, 2.75) is 31.7 Å². The molecule has 0 N–H and O–H groups in total. The number of carbonyl (C=O) groups is 1. The van der Waals surface area contributed by atoms with Crippen LogP contribution in [0.25, 0.3) is 0 Å². The Balaban J connectivity index is 1.49. The Bertz CT molecular complexity index is 583. The summed E-state index contributed by atoms with van der Waals surface area (Å²) < 4.78 is 0. The van der Waals surface area contributed by atoms with Crippen molar-refractivity contribution in [2.75, 3.05) is 24.5 Å². The SMILES string of the molecule is C=C1C(=O)c2ccccc2N1C1CCN(CC2CC2)CC1. The van der Waals surface area contributed by atoms with Crippen molar-refractivity contribution < 1.29 is 4.79 Å². The van der Waals surface area contributed by atoms with Crippen LogP contribution in [0.2, 0.25) is 0 Å². The van der Waals surface area contributed by atoms with Crippen LogP contribution in [0.1, 0.15) is 36.0 Å². The molecule has 110 valence electrons. The molecule has 3 nitrogen and oxygen atoms in total. The van der Waals surface area contributed by atoms with Gasteiger partial charge >= 0.3 is 0 Å². The van der Waals surface area contributed by atoms with Gasteiger partial charge in [-0.2, -0.15) is 0 Å². The van der Waals surface area contributed by atoms with Crippen LogP contribution < -0.4 is 4.90 Å². The van der Waals surface area contributed by atoms with Gasteiger partial charge in [-0.3, -0.25) is 4.79 Å². The van der Waals surface area contributed by atoms with E-state index in [4.69, 9.17) is 0 Å². The fraction of sp³-hybridized carbons (Fsp3) is 0.500. The number of para-hydroxylation sites is 1. The fourth-order valence-corrected chi connectivity index (χ4v) is 3.73. The van der Waals surface area contributed by atoms with Crippen molar-refractivity contribution >= 4 is 11.5 Å². The van der Waals surface area contributed by atoms with Crippen molar-refractivity contribution in [2.24, 2.45) is 5.92 Å². The first-order chi connectivity index (χ1) is 10.2. The number of ketones is 1. The summed E-state index contributed by atoms with van der Waals surface area (Å²) in [6, 6.07) is 8.36. The molecule has 1 saturated carbocycles. The zero-order chi connectivity index (χ0) is 14.4. The van der Waals surface area contributed by atoms with Gasteiger partial charge in [0.1, 0.15) is 0 Å². The normalized spacial score (nSPS) is 23.7. The van der Waals surface area contributed by atoms with Gasteiger partial charge in [0, 0.05) is 31.2 Å². The number of anilines is 1. The highest BCUT2D eigenvalue weighted by molar-refractivity contribution is 6.18. The van der Waals surface area contributed by atoms with E-state index in [0.717, 1.165) is 43.1 Å². The number of allylic oxidation sites excluding steroid dienone is 1. The van der Waals surface area contributed by atoms with Gasteiger partial charge in [-0.25, -0.2) is 0 Å². The summed E-state index contributed by atoms with van der Waals surface area (Å²) in [5, 5.41) is 0. The molecular weight excluding hydrogens is 260 g/mol. The van der Waals surface area contributed by atoms with Crippen LogP contribution in [-0.2, 0) is 0 Å². The highest BCUT2D eigenvalue weighted by Crippen LogP contribution is 2.38. The Labute approximate surface area is 126 Å². The third-order valence-corrected chi connectivity index (χ3v) is 5.10. The van der Waals surface area contributed by atoms with E-state index in [1.54, 1.807) is 0 Å². The number of likely N-dealkylation sites (tertiary alicyclic amines) is 1. The summed E-state index contributed by atoms with van der Waals surface area (Å²) in [5.41, 5.74) is 2.55. The highest BCUT2D eigenvalue weighted by Gasteiger charge is 2.36. The maximum atomic E-state index is 12.3. The second-order valence-electron chi connectivity index (χ2n) is 6.64. The number of fused-ring (bicyclic) bond motifs is 1. The van der Waals surface area contributed by atoms with E-state index >= 15 is 0 Å². The molecule has 0 spiro atoms. The van der Waals surface area contributed by atoms with Gasteiger partial charge in [-0.15, -0.1) is 0 Å². The molecule has 4 rings (SSSR count). The van der Waals surface area contributed by atoms with E-state index in [0.29, 0.717) is 11.7 Å². The Morgan fingerprint density at radius 1 is 1.10 bits per heavy atom. The van der Waals surface area contributed by atoms with E-state index in [1.807, 2.05) is 18.2 Å². The summed E-state index contributed by atoms with van der Waals surface area (Å²) in [5.74, 6) is 1.07. The molecule has 2 heterocycles. The minimum Gasteiger partial charge on any atom is -0.335 e. The second kappa shape index (κ2) is 4.99. The molecule has 0 atom stereocenters. The first kappa shape index (κ1) is 13.1. The van der Waals surface area contributed by atoms with E-state index in [2.05, 4.69) is 22.4 Å². The maximum absolute atomic E-state index is 12.3. The standard InChI is InChI=1S/C18H22N2O/c1-13-18(21)16-4-2-3-5-17(16)20(13)15-8-10-19(11-9-15)12-14-6-7-14/h2-5,14-15H,1,6-12H2. The van der Waals surface area contributed by atoms with Gasteiger partial charge in [0.15, 0.2) is 0 Å². The van der Waals surface area contributed by atoms with Gasteiger partial charge in [0.05, 0.1) is 11.4 Å². The molecule has 3 aliphatic rings. The van der Waals surface area contributed by atoms with Crippen LogP contribution in [0.3, 0.4) is 0 Å². The Morgan fingerprint density at radius 3 is 2.52 bits per heavy atom. The molecule has 21 heavy (non-hydrogen) atoms. The zero-order valence-corrected chi connectivity index (χ0v) is 12.4. The largest absolute Gasteiger partial charge is 0.335 e. The monoisotopic (exact) mass is 282 g/mol. The lowest BCUT2D eigenvalue weighted by atomic mass is 10.0. The molecule has 3 heteroatoms. The first-order valence-electron chi connectivity index (χ1n) is 8.08. The summed E-state index contributed by atoms with van der Waals surface area (Å²) >= 11 is 0. The molecule has 2 fully saturated rings. The maximum Gasteiger partial charge on any atom is 0.210 e. The average molecular weight is 282 g/mol. The molecule has 0 amide bonds. The van der Waals surface area contributed by atoms with E-state index in [1.165, 1.54) is 19.4 Å². The second-order valence-corrected chi connectivity index (χ2v) is 6.64. The molecule has 0 radical (unpaired) electrons. The van der Waals surface area contributed by atoms with Gasteiger partial charge in [-0.05, 0) is 43.7 Å². The summed E-state index contributed by atoms with van der Waals surface area (Å²) in [6.45, 7) is 7.64. The summed E-state index contributed by atoms with van der Waals surface area (Å²) in [6.07, 6.45) is 5.11. The molecule has 1 aromatic rings. The van der Waals surface area contributed by atoms with Gasteiger partial charge < -0.3 is 9.80 Å². The van der Waals surface area contributed by atoms with E-state index < -0.39 is 0 Å². The topological polar surface area (TPSA) is 23.6 Å². The quantitative estimate of drug-likeness (QED) is 0.796. The third kappa shape index (κ3) is 2.30. The van der Waals surface area contributed by atoms with Gasteiger partial charge in [-0.1, -0.05) is 18.7 Å². The third-order valence-electron chi connectivity index (χ3n) is 5.10. The molecule has 1 aromatic carbocycles. The number of rotatable bonds is 3. The van der Waals surface area contributed by atoms with E-state index in [-0.39, 0.29) is 5.78 Å². The minimum atomic E-state index is 0.103. The van der Waals surface area contributed by atoms with Crippen molar-refractivity contribution in [3.05, 3.63) is 42.1 Å². The minimum absolute atomic E-state index is 0.103. The summed E-state index contributed by atoms with van der Waals surface area (Å²) in [7, 11) is 0. The lowest BCUT2D eigenvalue weighted by Crippen LogP contribution is -2.44. The predicted octanol–water partition coefficient (Wildman–Crippen LogP) is 3.08. The number of hydrogen-bond acceptors (Lipinski definition) is 3. The lowest BCUT2D eigenvalue weighted by Gasteiger charge is -2.38. The molecule has 2 aliphatic heterocycles. The molecule has 0 aromatic heterocycles. The number of benzene rings is 1. The number of nitrogens with zero attached hydrogens (tertiary/aromatic N) is 2. The molecule has 0 unspecified atom stereocenters. The number of hydrogen-bond donors (Lipinski definition) is 0. The van der Waals surface area contributed by atoms with E-state index in [9.17, 15) is 4.79 Å². The van der Waals surface area contributed by atoms with Crippen LogP contribution >= 0.6 is 0 Å². The smallest absolute Gasteiger partial charge is 0.210 e. The Hall–Kier alpha value is -1.61. The van der Waals surface area contributed by atoms with Crippen LogP contribution in [0, 0.1) is 5.92 Å². The number of piperidine rings is 1. The average Bonchev–Trinajstić information content (AvgIpc) is 3.29. The molecule has 1 saturated heterocycles. The number of Topliss-reactive ketones (excluding diaryl/α,β-unsaturated/α-hetero) is 1. The lowest BCUT2D eigenvalue weighted by molar-refractivity contribution is 0.103. The molecule has 1 aliphatic carbocycles. The fourth-order valence-electron chi connectivity index (χ4n) is 3.73. The molecular formula is C18H22N2O. The van der Waals surface area contributed by atoms with Gasteiger partial charge in [0.25, 0.3) is 0 Å². The van der Waals surface area contributed by atoms with Crippen molar-refractivity contribution in [3.8, 4) is 0 Å². The Kier molecular flexibility index (Phi) is 3.11. The van der Waals surface area contributed by atoms with Gasteiger partial charge in [0.2, 0.25) is 5.78 Å². The van der Waals surface area contributed by atoms with Crippen molar-refractivity contribution in [3.63, 3.8) is 0 Å². The summed E-state index contributed by atoms with van der Waals surface area (Å²) in [4.78, 5) is 17.1. The van der Waals surface area contributed by atoms with Crippen molar-refractivity contribution in [1.82, 2.24) is 4.90 Å². The van der Waals surface area contributed by atoms with Crippen LogP contribution in [0.15, 0.2) is 36.5 Å². The first-order valence-corrected chi connectivity index (χ1v) is 8.08. The highest BCUT2D eigenvalue weighted by atomic mass is 16.1. The van der Waals surface area contributed by atoms with Crippen molar-refractivity contribution in [1.29, 1.82) is 0 Å². The Morgan fingerprint density at radius 2 is 1.81 bits per heavy atom. The van der Waals surface area contributed by atoms with Crippen LogP contribution in [0.5, 0.6) is 0 Å². The number of carbonyl (C=O) groups excluding carboxylic acids is 1. The molecule has 0 bridgehead atoms. The predicted molar refractivity (Wildman–Crippen MR) is 84.6 cm³/mol. The zero-order valence-electron chi connectivity index (χ0n) is 12.4. The van der Waals surface area contributed by atoms with Crippen LogP contribution in [0.4, 0.5) is 5.69 Å².